The van der Waals surface area contributed by atoms with E-state index in [2.05, 4.69) is 27.2 Å². The maximum Gasteiger partial charge on any atom is 0.0805 e. The Morgan fingerprint density at radius 1 is 1.19 bits per heavy atom. The first-order valence-corrected chi connectivity index (χ1v) is 12.6. The molecule has 2 heterocycles. The van der Waals surface area contributed by atoms with Crippen LogP contribution in [0.3, 0.4) is 0 Å². The predicted octanol–water partition coefficient (Wildman–Crippen LogP) is 5.67. The molecule has 0 bridgehead atoms. The van der Waals surface area contributed by atoms with Crippen molar-refractivity contribution in [1.82, 2.24) is 15.1 Å². The van der Waals surface area contributed by atoms with Gasteiger partial charge in [0.15, 0.2) is 0 Å². The monoisotopic (exact) mass is 510 g/mol. The Morgan fingerprint density at radius 3 is 2.50 bits per heavy atom. The number of aromatic amines is 1. The summed E-state index contributed by atoms with van der Waals surface area (Å²) in [5.41, 5.74) is 4.89. The molecule has 3 aromatic rings. The molecule has 2 atom stereocenters. The summed E-state index contributed by atoms with van der Waals surface area (Å²) in [4.78, 5) is 4.95. The van der Waals surface area contributed by atoms with E-state index in [0.29, 0.717) is 21.6 Å². The maximum atomic E-state index is 10.3. The average molecular weight is 512 g/mol. The number of nitrogens with zero attached hydrogens (tertiary/aromatic N) is 3. The first-order valence-electron chi connectivity index (χ1n) is 10.2. The van der Waals surface area contributed by atoms with E-state index in [9.17, 15) is 5.11 Å². The number of fused-ring (bicyclic) bond motifs is 1. The van der Waals surface area contributed by atoms with E-state index in [4.69, 9.17) is 34.8 Å². The van der Waals surface area contributed by atoms with Gasteiger partial charge in [0, 0.05) is 48.9 Å². The van der Waals surface area contributed by atoms with Gasteiger partial charge in [-0.3, -0.25) is 10.00 Å². The zero-order chi connectivity index (χ0) is 23.0. The van der Waals surface area contributed by atoms with Gasteiger partial charge in [-0.25, -0.2) is 0 Å². The molecule has 9 heteroatoms. The number of thioether (sulfide) groups is 1. The average Bonchev–Trinajstić information content (AvgIpc) is 3.30. The standard InChI is InChI=1S/C23H25Cl3N4OS/c1-29(2)22-18(24)17(19(25)23(32-3)20(22)26)21(15-9-27-28-10-15)30-11-14-7-5-4-6-13(14)8-16(30)12-31/h4-7,9-10,16,21,31H,8,11-12H2,1-3H3,(H,27,28). The summed E-state index contributed by atoms with van der Waals surface area (Å²) in [5.74, 6) is 0. The molecular weight excluding hydrogens is 487 g/mol. The Hall–Kier alpha value is -1.41. The topological polar surface area (TPSA) is 55.4 Å². The van der Waals surface area contributed by atoms with Gasteiger partial charge in [-0.15, -0.1) is 11.8 Å². The van der Waals surface area contributed by atoms with Crippen molar-refractivity contribution in [2.45, 2.75) is 29.9 Å². The number of aliphatic hydroxyl groups is 1. The first-order chi connectivity index (χ1) is 15.4. The molecular formula is C23H25Cl3N4OS. The Kier molecular flexibility index (Phi) is 7.30. The van der Waals surface area contributed by atoms with E-state index in [-0.39, 0.29) is 18.7 Å². The summed E-state index contributed by atoms with van der Waals surface area (Å²) in [7, 11) is 3.82. The summed E-state index contributed by atoms with van der Waals surface area (Å²) >= 11 is 22.2. The van der Waals surface area contributed by atoms with Crippen LogP contribution in [0.2, 0.25) is 15.1 Å². The molecule has 1 aromatic heterocycles. The zero-order valence-electron chi connectivity index (χ0n) is 18.1. The fourth-order valence-electron chi connectivity index (χ4n) is 4.47. The smallest absolute Gasteiger partial charge is 0.0805 e. The molecule has 2 unspecified atom stereocenters. The van der Waals surface area contributed by atoms with Crippen LogP contribution in [-0.4, -0.2) is 53.2 Å². The highest BCUT2D eigenvalue weighted by Gasteiger charge is 2.37. The lowest BCUT2D eigenvalue weighted by atomic mass is 9.89. The summed E-state index contributed by atoms with van der Waals surface area (Å²) < 4.78 is 0. The van der Waals surface area contributed by atoms with E-state index in [0.717, 1.165) is 28.1 Å². The third kappa shape index (κ3) is 4.13. The predicted molar refractivity (Wildman–Crippen MR) is 135 cm³/mol. The van der Waals surface area contributed by atoms with Crippen molar-refractivity contribution in [1.29, 1.82) is 0 Å². The quantitative estimate of drug-likeness (QED) is 0.418. The second kappa shape index (κ2) is 9.84. The van der Waals surface area contributed by atoms with E-state index < -0.39 is 0 Å². The third-order valence-corrected chi connectivity index (χ3v) is 8.17. The third-order valence-electron chi connectivity index (χ3n) is 5.99. The number of hydrogen-bond donors (Lipinski definition) is 2. The zero-order valence-corrected chi connectivity index (χ0v) is 21.2. The number of H-pyrrole nitrogens is 1. The molecule has 0 saturated carbocycles. The van der Waals surface area contributed by atoms with Crippen LogP contribution in [0.5, 0.6) is 0 Å². The van der Waals surface area contributed by atoms with Gasteiger partial charge in [0.1, 0.15) is 0 Å². The second-order valence-electron chi connectivity index (χ2n) is 8.05. The summed E-state index contributed by atoms with van der Waals surface area (Å²) in [6.45, 7) is 0.667. The van der Waals surface area contributed by atoms with Crippen molar-refractivity contribution in [2.75, 3.05) is 31.9 Å². The van der Waals surface area contributed by atoms with Gasteiger partial charge in [-0.1, -0.05) is 59.1 Å². The minimum Gasteiger partial charge on any atom is -0.395 e. The molecule has 0 saturated heterocycles. The highest BCUT2D eigenvalue weighted by molar-refractivity contribution is 7.98. The Bertz CT molecular complexity index is 1110. The minimum absolute atomic E-state index is 0.0153. The van der Waals surface area contributed by atoms with Crippen molar-refractivity contribution >= 4 is 52.3 Å². The van der Waals surface area contributed by atoms with Gasteiger partial charge in [-0.2, -0.15) is 5.10 Å². The number of nitrogens with one attached hydrogen (secondary N) is 1. The van der Waals surface area contributed by atoms with Crippen molar-refractivity contribution in [3.05, 3.63) is 74.0 Å². The van der Waals surface area contributed by atoms with Crippen LogP contribution in [-0.2, 0) is 13.0 Å². The van der Waals surface area contributed by atoms with E-state index in [1.54, 1.807) is 6.20 Å². The molecule has 170 valence electrons. The number of anilines is 1. The number of aliphatic hydroxyl groups excluding tert-OH is 1. The van der Waals surface area contributed by atoms with Gasteiger partial charge in [0.25, 0.3) is 0 Å². The molecule has 1 aliphatic heterocycles. The van der Waals surface area contributed by atoms with Gasteiger partial charge < -0.3 is 10.0 Å². The molecule has 0 fully saturated rings. The molecule has 5 nitrogen and oxygen atoms in total. The summed E-state index contributed by atoms with van der Waals surface area (Å²) in [5, 5.41) is 19.0. The van der Waals surface area contributed by atoms with Crippen LogP contribution in [0.25, 0.3) is 0 Å². The second-order valence-corrected chi connectivity index (χ2v) is 10.00. The van der Waals surface area contributed by atoms with Crippen LogP contribution < -0.4 is 4.90 Å². The molecule has 4 rings (SSSR count). The first kappa shape index (κ1) is 23.7. The molecule has 0 amide bonds. The molecule has 2 N–H and O–H groups in total. The van der Waals surface area contributed by atoms with Gasteiger partial charge in [0.05, 0.1) is 39.6 Å². The lowest BCUT2D eigenvalue weighted by molar-refractivity contribution is 0.0798. The van der Waals surface area contributed by atoms with Crippen molar-refractivity contribution in [2.24, 2.45) is 0 Å². The van der Waals surface area contributed by atoms with Crippen LogP contribution in [0, 0.1) is 0 Å². The highest BCUT2D eigenvalue weighted by Crippen LogP contribution is 2.51. The molecule has 0 aliphatic carbocycles. The number of hydrogen-bond acceptors (Lipinski definition) is 5. The lowest BCUT2D eigenvalue weighted by Gasteiger charge is -2.42. The van der Waals surface area contributed by atoms with Gasteiger partial charge in [-0.05, 0) is 23.8 Å². The minimum atomic E-state index is -0.318. The van der Waals surface area contributed by atoms with Crippen LogP contribution in [0.4, 0.5) is 5.69 Å². The number of halogens is 3. The molecule has 0 radical (unpaired) electrons. The van der Waals surface area contributed by atoms with Crippen LogP contribution in [0.1, 0.15) is 28.3 Å². The molecule has 32 heavy (non-hydrogen) atoms. The summed E-state index contributed by atoms with van der Waals surface area (Å²) in [6, 6.07) is 7.92. The maximum absolute atomic E-state index is 10.3. The molecule has 2 aromatic carbocycles. The van der Waals surface area contributed by atoms with Crippen LogP contribution >= 0.6 is 46.6 Å². The van der Waals surface area contributed by atoms with E-state index in [1.165, 1.54) is 22.9 Å². The highest BCUT2D eigenvalue weighted by atomic mass is 35.5. The van der Waals surface area contributed by atoms with E-state index in [1.807, 2.05) is 43.6 Å². The summed E-state index contributed by atoms with van der Waals surface area (Å²) in [6.07, 6.45) is 6.33. The van der Waals surface area contributed by atoms with Gasteiger partial charge >= 0.3 is 0 Å². The number of benzene rings is 2. The SMILES string of the molecule is CSc1c(Cl)c(C(c2cn[nH]c2)N2Cc3ccccc3CC2CO)c(Cl)c(N(C)C)c1Cl. The number of rotatable bonds is 6. The number of aromatic nitrogens is 2. The van der Waals surface area contributed by atoms with Gasteiger partial charge in [0.2, 0.25) is 0 Å². The Labute approximate surface area is 207 Å². The largest absolute Gasteiger partial charge is 0.395 e. The van der Waals surface area contributed by atoms with Crippen molar-refractivity contribution in [3.63, 3.8) is 0 Å². The van der Waals surface area contributed by atoms with E-state index >= 15 is 0 Å². The normalized spacial score (nSPS) is 17.3. The molecule has 1 aliphatic rings. The van der Waals surface area contributed by atoms with Crippen molar-refractivity contribution < 1.29 is 5.11 Å². The fraction of sp³-hybridized carbons (Fsp3) is 0.348. The Balaban J connectivity index is 1.96. The molecule has 0 spiro atoms. The fourth-order valence-corrected chi connectivity index (χ4v) is 6.76. The van der Waals surface area contributed by atoms with Crippen LogP contribution in [0.15, 0.2) is 41.6 Å². The van der Waals surface area contributed by atoms with Crippen molar-refractivity contribution in [3.8, 4) is 0 Å². The lowest BCUT2D eigenvalue weighted by Crippen LogP contribution is -2.45. The Morgan fingerprint density at radius 2 is 1.91 bits per heavy atom.